The topological polar surface area (TPSA) is 72.8 Å². The fourth-order valence-corrected chi connectivity index (χ4v) is 5.29. The summed E-state index contributed by atoms with van der Waals surface area (Å²) in [5.74, 6) is 2.49. The van der Waals surface area contributed by atoms with Crippen molar-refractivity contribution < 1.29 is 4.74 Å². The number of anilines is 2. The Kier molecular flexibility index (Phi) is 8.53. The van der Waals surface area contributed by atoms with Gasteiger partial charge in [-0.2, -0.15) is 0 Å². The second-order valence-corrected chi connectivity index (χ2v) is 9.35. The van der Waals surface area contributed by atoms with Crippen molar-refractivity contribution in [2.24, 2.45) is 0 Å². The molecule has 6 nitrogen and oxygen atoms in total. The molecule has 0 saturated heterocycles. The van der Waals surface area contributed by atoms with E-state index in [-0.39, 0.29) is 24.8 Å². The molecule has 0 fully saturated rings. The molecule has 0 amide bonds. The van der Waals surface area contributed by atoms with Gasteiger partial charge in [-0.1, -0.05) is 36.9 Å². The van der Waals surface area contributed by atoms with E-state index in [1.54, 1.807) is 18.1 Å². The van der Waals surface area contributed by atoms with Gasteiger partial charge in [-0.3, -0.25) is 0 Å². The van der Waals surface area contributed by atoms with Gasteiger partial charge in [-0.25, -0.2) is 19.9 Å². The molecule has 3 aromatic heterocycles. The molecule has 10 heteroatoms. The first-order chi connectivity index (χ1) is 15.2. The van der Waals surface area contributed by atoms with Gasteiger partial charge in [0.2, 0.25) is 0 Å². The third-order valence-electron chi connectivity index (χ3n) is 5.09. The minimum absolute atomic E-state index is 0. The summed E-state index contributed by atoms with van der Waals surface area (Å²) in [6, 6.07) is 11.7. The van der Waals surface area contributed by atoms with E-state index >= 15 is 0 Å². The van der Waals surface area contributed by atoms with Crippen LogP contribution in [0.25, 0.3) is 0 Å². The van der Waals surface area contributed by atoms with Crippen LogP contribution in [0.2, 0.25) is 0 Å². The van der Waals surface area contributed by atoms with Crippen LogP contribution in [0.4, 0.5) is 10.9 Å². The number of hydrogen-bond donors (Lipinski definition) is 1. The third-order valence-corrected chi connectivity index (χ3v) is 6.95. The predicted molar refractivity (Wildman–Crippen MR) is 138 cm³/mol. The molecule has 1 aliphatic rings. The van der Waals surface area contributed by atoms with Crippen molar-refractivity contribution in [3.8, 4) is 11.5 Å². The molecule has 0 saturated carbocycles. The summed E-state index contributed by atoms with van der Waals surface area (Å²) in [5.41, 5.74) is 3.39. The van der Waals surface area contributed by atoms with Crippen LogP contribution in [0, 0.1) is 6.92 Å². The van der Waals surface area contributed by atoms with E-state index in [1.165, 1.54) is 16.9 Å². The maximum Gasteiger partial charge on any atom is 0.188 e. The lowest BCUT2D eigenvalue weighted by Crippen LogP contribution is -1.99. The lowest BCUT2D eigenvalue weighted by molar-refractivity contribution is 0.481. The van der Waals surface area contributed by atoms with Crippen molar-refractivity contribution >= 4 is 58.9 Å². The zero-order valence-corrected chi connectivity index (χ0v) is 21.3. The fraction of sp³-hybridized carbons (Fsp3) is 0.217. The first-order valence-corrected chi connectivity index (χ1v) is 11.8. The van der Waals surface area contributed by atoms with Gasteiger partial charge >= 0.3 is 0 Å². The van der Waals surface area contributed by atoms with Gasteiger partial charge in [0.25, 0.3) is 0 Å². The van der Waals surface area contributed by atoms with Crippen molar-refractivity contribution in [3.63, 3.8) is 0 Å². The molecule has 172 valence electrons. The quantitative estimate of drug-likeness (QED) is 0.269. The number of benzene rings is 1. The van der Waals surface area contributed by atoms with Crippen LogP contribution in [0.15, 0.2) is 64.2 Å². The molecule has 1 unspecified atom stereocenters. The Balaban J connectivity index is 0.00000153. The lowest BCUT2D eigenvalue weighted by atomic mass is 10.1. The Morgan fingerprint density at radius 3 is 2.70 bits per heavy atom. The highest BCUT2D eigenvalue weighted by Gasteiger charge is 2.24. The molecular formula is C23H23Cl2N5OS2. The highest BCUT2D eigenvalue weighted by atomic mass is 35.5. The largest absolute Gasteiger partial charge is 0.453 e. The van der Waals surface area contributed by atoms with Crippen LogP contribution in [0.3, 0.4) is 0 Å². The average Bonchev–Trinajstić information content (AvgIpc) is 3.36. The average molecular weight is 521 g/mol. The molecule has 1 N–H and O–H groups in total. The summed E-state index contributed by atoms with van der Waals surface area (Å²) in [6.07, 6.45) is 5.65. The predicted octanol–water partition coefficient (Wildman–Crippen LogP) is 7.22. The smallest absolute Gasteiger partial charge is 0.188 e. The second kappa shape index (κ2) is 11.2. The Morgan fingerprint density at radius 1 is 1.12 bits per heavy atom. The summed E-state index contributed by atoms with van der Waals surface area (Å²) < 4.78 is 6.19. The first kappa shape index (κ1) is 25.2. The molecule has 4 aromatic rings. The van der Waals surface area contributed by atoms with Gasteiger partial charge in [-0.15, -0.1) is 36.2 Å². The summed E-state index contributed by atoms with van der Waals surface area (Å²) >= 11 is 3.15. The third kappa shape index (κ3) is 5.76. The van der Waals surface area contributed by atoms with Gasteiger partial charge in [0.1, 0.15) is 17.1 Å². The number of rotatable bonds is 6. The van der Waals surface area contributed by atoms with E-state index < -0.39 is 0 Å². The molecule has 5 rings (SSSR count). The van der Waals surface area contributed by atoms with Crippen LogP contribution >= 0.6 is 47.9 Å². The zero-order chi connectivity index (χ0) is 21.2. The van der Waals surface area contributed by atoms with Gasteiger partial charge < -0.3 is 10.1 Å². The maximum absolute atomic E-state index is 6.19. The Labute approximate surface area is 213 Å². The number of para-hydroxylation sites is 1. The Morgan fingerprint density at radius 2 is 1.94 bits per heavy atom. The molecule has 1 aliphatic carbocycles. The molecule has 1 atom stereocenters. The van der Waals surface area contributed by atoms with Gasteiger partial charge in [0.05, 0.1) is 5.69 Å². The molecule has 1 aromatic carbocycles. The second-order valence-electron chi connectivity index (χ2n) is 7.43. The van der Waals surface area contributed by atoms with E-state index in [4.69, 9.17) is 4.74 Å². The number of halogens is 2. The maximum atomic E-state index is 6.19. The summed E-state index contributed by atoms with van der Waals surface area (Å²) in [6.45, 7) is 4.21. The minimum Gasteiger partial charge on any atom is -0.453 e. The molecule has 3 heterocycles. The molecule has 0 aliphatic heterocycles. The van der Waals surface area contributed by atoms with Crippen molar-refractivity contribution in [2.75, 3.05) is 5.32 Å². The standard InChI is InChI=1S/C23H21N5OS2.2ClH/c1-14-8-9-18-20(14)22(26-13-25-18)31-17-10-19(29-16-6-4-3-5-7-16)21(24-11-17)28-23-27-15(2)12-30-23;;/h3-7,10-14H,8-9H2,1-2H3,(H,24,27,28);2*1H. The fourth-order valence-electron chi connectivity index (χ4n) is 3.58. The van der Waals surface area contributed by atoms with Crippen molar-refractivity contribution in [3.05, 3.63) is 71.3 Å². The SMILES string of the molecule is Cc1csc(Nc2ncc(Sc3ncnc4c3C(C)CC4)cc2Oc2ccccc2)n1.Cl.Cl. The number of aryl methyl sites for hydroxylation is 2. The molecule has 33 heavy (non-hydrogen) atoms. The Bertz CT molecular complexity index is 1220. The van der Waals surface area contributed by atoms with Crippen LogP contribution < -0.4 is 10.1 Å². The van der Waals surface area contributed by atoms with Crippen LogP contribution in [-0.2, 0) is 6.42 Å². The van der Waals surface area contributed by atoms with E-state index in [0.717, 1.165) is 45.0 Å². The molecule has 0 spiro atoms. The van der Waals surface area contributed by atoms with Crippen molar-refractivity contribution in [2.45, 2.75) is 42.5 Å². The zero-order valence-electron chi connectivity index (χ0n) is 18.0. The lowest BCUT2D eigenvalue weighted by Gasteiger charge is -2.13. The summed E-state index contributed by atoms with van der Waals surface area (Å²) in [7, 11) is 0. The first-order valence-electron chi connectivity index (χ1n) is 10.1. The minimum atomic E-state index is 0. The molecular weight excluding hydrogens is 497 g/mol. The van der Waals surface area contributed by atoms with Crippen molar-refractivity contribution in [1.82, 2.24) is 19.9 Å². The van der Waals surface area contributed by atoms with Gasteiger partial charge in [0.15, 0.2) is 16.7 Å². The molecule has 0 bridgehead atoms. The number of aromatic nitrogens is 4. The summed E-state index contributed by atoms with van der Waals surface area (Å²) in [5, 5.41) is 7.07. The van der Waals surface area contributed by atoms with Gasteiger partial charge in [0, 0.05) is 33.8 Å². The Hall–Kier alpha value is -2.39. The van der Waals surface area contributed by atoms with Crippen molar-refractivity contribution in [1.29, 1.82) is 0 Å². The normalized spacial score (nSPS) is 14.1. The number of hydrogen-bond acceptors (Lipinski definition) is 8. The highest BCUT2D eigenvalue weighted by Crippen LogP contribution is 2.41. The number of nitrogens with one attached hydrogen (secondary N) is 1. The monoisotopic (exact) mass is 519 g/mol. The number of fused-ring (bicyclic) bond motifs is 1. The molecule has 0 radical (unpaired) electrons. The summed E-state index contributed by atoms with van der Waals surface area (Å²) in [4.78, 5) is 19.1. The van der Waals surface area contributed by atoms with E-state index in [2.05, 4.69) is 32.2 Å². The van der Waals surface area contributed by atoms with Crippen LogP contribution in [0.1, 0.15) is 36.2 Å². The van der Waals surface area contributed by atoms with Crippen LogP contribution in [-0.4, -0.2) is 19.9 Å². The van der Waals surface area contributed by atoms with E-state index in [1.807, 2.05) is 54.9 Å². The van der Waals surface area contributed by atoms with Gasteiger partial charge in [-0.05, 0) is 37.8 Å². The highest BCUT2D eigenvalue weighted by molar-refractivity contribution is 7.99. The number of nitrogens with zero attached hydrogens (tertiary/aromatic N) is 4. The number of thiazole rings is 1. The van der Waals surface area contributed by atoms with Crippen LogP contribution in [0.5, 0.6) is 11.5 Å². The number of ether oxygens (including phenoxy) is 1. The van der Waals surface area contributed by atoms with E-state index in [9.17, 15) is 0 Å². The van der Waals surface area contributed by atoms with E-state index in [0.29, 0.717) is 17.5 Å². The number of pyridine rings is 1.